The summed E-state index contributed by atoms with van der Waals surface area (Å²) in [5, 5.41) is 9.86. The third-order valence-corrected chi connectivity index (χ3v) is 11.5. The predicted octanol–water partition coefficient (Wildman–Crippen LogP) is 4.60. The second-order valence-corrected chi connectivity index (χ2v) is 14.4. The number of nitrogens with two attached hydrogens (primary N) is 1. The van der Waals surface area contributed by atoms with E-state index in [0.29, 0.717) is 38.5 Å². The van der Waals surface area contributed by atoms with E-state index in [1.165, 1.54) is 0 Å². The summed E-state index contributed by atoms with van der Waals surface area (Å²) in [5.41, 5.74) is 1.62. The second-order valence-electron chi connectivity index (χ2n) is 14.4. The summed E-state index contributed by atoms with van der Waals surface area (Å²) < 4.78 is 6.33. The van der Waals surface area contributed by atoms with Gasteiger partial charge in [0, 0.05) is 17.3 Å². The van der Waals surface area contributed by atoms with Gasteiger partial charge in [-0.1, -0.05) is 53.2 Å². The van der Waals surface area contributed by atoms with E-state index < -0.39 is 44.9 Å². The zero-order chi connectivity index (χ0) is 28.3. The van der Waals surface area contributed by atoms with Gasteiger partial charge in [0.15, 0.2) is 17.2 Å². The van der Waals surface area contributed by atoms with Crippen LogP contribution in [0.15, 0.2) is 23.3 Å². The number of nitrogens with zero attached hydrogens (tertiary/aromatic N) is 1. The number of amides is 1. The highest BCUT2D eigenvalue weighted by molar-refractivity contribution is 6.16. The molecule has 0 aromatic rings. The van der Waals surface area contributed by atoms with Crippen molar-refractivity contribution in [2.75, 3.05) is 0 Å². The van der Waals surface area contributed by atoms with Crippen molar-refractivity contribution >= 4 is 23.4 Å². The van der Waals surface area contributed by atoms with Gasteiger partial charge < -0.3 is 10.5 Å². The van der Waals surface area contributed by atoms with Crippen molar-refractivity contribution in [1.82, 2.24) is 0 Å². The van der Waals surface area contributed by atoms with E-state index in [9.17, 15) is 24.4 Å². The summed E-state index contributed by atoms with van der Waals surface area (Å²) in [7, 11) is 0. The van der Waals surface area contributed by atoms with Crippen molar-refractivity contribution in [1.29, 1.82) is 5.26 Å². The number of ketones is 2. The van der Waals surface area contributed by atoms with Crippen LogP contribution >= 0.6 is 0 Å². The van der Waals surface area contributed by atoms with Gasteiger partial charge in [-0.05, 0) is 68.3 Å². The lowest BCUT2D eigenvalue weighted by Crippen LogP contribution is -2.66. The van der Waals surface area contributed by atoms with Crippen molar-refractivity contribution in [3.8, 4) is 6.07 Å². The number of fused-ring (bicyclic) bond motifs is 5. The molecule has 1 spiro atoms. The summed E-state index contributed by atoms with van der Waals surface area (Å²) in [6.45, 7) is 14.1. The fourth-order valence-electron chi connectivity index (χ4n) is 9.64. The highest BCUT2D eigenvalue weighted by atomic mass is 16.6. The fourth-order valence-corrected chi connectivity index (χ4v) is 9.64. The highest BCUT2D eigenvalue weighted by Crippen LogP contribution is 2.73. The number of esters is 1. The van der Waals surface area contributed by atoms with Crippen molar-refractivity contribution in [3.05, 3.63) is 23.3 Å². The zero-order valence-corrected chi connectivity index (χ0v) is 23.7. The molecule has 0 radical (unpaired) electrons. The number of ether oxygens (including phenoxy) is 1. The molecule has 2 N–H and O–H groups in total. The molecule has 0 aromatic carbocycles. The van der Waals surface area contributed by atoms with Crippen LogP contribution in [-0.4, -0.2) is 29.0 Å². The number of allylic oxidation sites excluding steroid dienone is 3. The summed E-state index contributed by atoms with van der Waals surface area (Å²) in [6.07, 6.45) is 7.17. The molecule has 5 aliphatic rings. The molecule has 38 heavy (non-hydrogen) atoms. The van der Waals surface area contributed by atoms with Gasteiger partial charge in [0.25, 0.3) is 0 Å². The van der Waals surface area contributed by atoms with E-state index in [1.807, 2.05) is 19.9 Å². The first-order valence-corrected chi connectivity index (χ1v) is 14.0. The van der Waals surface area contributed by atoms with Crippen molar-refractivity contribution < 1.29 is 23.9 Å². The van der Waals surface area contributed by atoms with E-state index in [-0.39, 0.29) is 34.6 Å². The molecule has 1 saturated heterocycles. The van der Waals surface area contributed by atoms with Crippen LogP contribution in [0.5, 0.6) is 0 Å². The quantitative estimate of drug-likeness (QED) is 0.428. The van der Waals surface area contributed by atoms with E-state index in [4.69, 9.17) is 10.5 Å². The molecule has 3 fully saturated rings. The molecule has 4 aliphatic carbocycles. The number of Topliss-reactive ketones (excluding diaryl/α,β-unsaturated/α-hetero) is 1. The van der Waals surface area contributed by atoms with Crippen LogP contribution in [0.2, 0.25) is 0 Å². The molecule has 8 atom stereocenters. The Kier molecular flexibility index (Phi) is 5.42. The van der Waals surface area contributed by atoms with Crippen LogP contribution < -0.4 is 5.73 Å². The lowest BCUT2D eigenvalue weighted by Gasteiger charge is -2.63. The van der Waals surface area contributed by atoms with Crippen LogP contribution in [0.1, 0.15) is 87.0 Å². The van der Waals surface area contributed by atoms with E-state index in [2.05, 4.69) is 27.7 Å². The van der Waals surface area contributed by atoms with Gasteiger partial charge >= 0.3 is 5.97 Å². The predicted molar refractivity (Wildman–Crippen MR) is 140 cm³/mol. The van der Waals surface area contributed by atoms with Gasteiger partial charge in [-0.15, -0.1) is 0 Å². The minimum atomic E-state index is -1.55. The minimum Gasteiger partial charge on any atom is -0.450 e. The number of primary amides is 1. The molecule has 2 saturated carbocycles. The average molecular weight is 521 g/mol. The lowest BCUT2D eigenvalue weighted by atomic mass is 9.38. The summed E-state index contributed by atoms with van der Waals surface area (Å²) in [4.78, 5) is 54.1. The molecule has 0 aromatic heterocycles. The molecule has 204 valence electrons. The summed E-state index contributed by atoms with van der Waals surface area (Å²) in [5.74, 6) is -2.67. The van der Waals surface area contributed by atoms with Crippen LogP contribution in [-0.2, 0) is 23.9 Å². The van der Waals surface area contributed by atoms with Gasteiger partial charge in [-0.3, -0.25) is 19.2 Å². The fraction of sp³-hybridized carbons (Fsp3) is 0.710. The smallest absolute Gasteiger partial charge is 0.313 e. The van der Waals surface area contributed by atoms with Crippen molar-refractivity contribution in [3.63, 3.8) is 0 Å². The third kappa shape index (κ3) is 2.90. The maximum atomic E-state index is 14.4. The monoisotopic (exact) mass is 520 g/mol. The van der Waals surface area contributed by atoms with Crippen LogP contribution in [0.3, 0.4) is 0 Å². The van der Waals surface area contributed by atoms with Gasteiger partial charge in [-0.25, -0.2) is 0 Å². The van der Waals surface area contributed by atoms with Crippen molar-refractivity contribution in [2.24, 2.45) is 50.6 Å². The number of carbonyl (C=O) groups excluding carboxylic acids is 4. The number of carbonyl (C=O) groups is 4. The molecule has 2 bridgehead atoms. The first kappa shape index (κ1) is 26.8. The SMILES string of the molecule is CC[C@@]12CCC3[C@](OC1=O)(C(=O)C=C1[C@@]4(C)C=C(C#N)C(=O)[C@@](C)(C(N)=O)C4CC[C@]13C)C2CC(C)(C)C. The first-order chi connectivity index (χ1) is 17.5. The molecule has 1 heterocycles. The highest BCUT2D eigenvalue weighted by Gasteiger charge is 2.77. The number of hydrogen-bond donors (Lipinski definition) is 1. The Morgan fingerprint density at radius 2 is 1.76 bits per heavy atom. The topological polar surface area (TPSA) is 127 Å². The Labute approximate surface area is 225 Å². The molecular formula is C31H40N2O5. The van der Waals surface area contributed by atoms with Crippen molar-refractivity contribution in [2.45, 2.75) is 92.6 Å². The van der Waals surface area contributed by atoms with E-state index in [1.54, 1.807) is 19.1 Å². The van der Waals surface area contributed by atoms with Gasteiger partial charge in [0.05, 0.1) is 11.0 Å². The Balaban J connectivity index is 1.75. The lowest BCUT2D eigenvalue weighted by molar-refractivity contribution is -0.177. The first-order valence-electron chi connectivity index (χ1n) is 14.0. The number of rotatable bonds is 3. The molecule has 1 amide bonds. The molecule has 5 rings (SSSR count). The van der Waals surface area contributed by atoms with Gasteiger partial charge in [-0.2, -0.15) is 5.26 Å². The van der Waals surface area contributed by atoms with Crippen LogP contribution in [0.4, 0.5) is 0 Å². The van der Waals surface area contributed by atoms with E-state index >= 15 is 0 Å². The maximum Gasteiger partial charge on any atom is 0.313 e. The number of hydrogen-bond acceptors (Lipinski definition) is 6. The normalized spacial score (nSPS) is 45.6. The van der Waals surface area contributed by atoms with Gasteiger partial charge in [0.2, 0.25) is 5.91 Å². The Hall–Kier alpha value is -2.75. The third-order valence-electron chi connectivity index (χ3n) is 11.5. The standard InChI is InChI=1S/C31H40N2O5/c1-8-30-12-10-19-27(5)11-9-18-28(6,14-17(16-32)23(35)29(18,7)24(33)36)20(27)13-22(34)31(19,38-25(30)37)21(30)15-26(2,3)4/h13-14,18-19,21H,8-12,15H2,1-7H3,(H2,33,36)/t18?,19?,21?,27-,28-,29-,30-,31+/m0/s1. The van der Waals surface area contributed by atoms with Crippen LogP contribution in [0.25, 0.3) is 0 Å². The Morgan fingerprint density at radius 1 is 1.13 bits per heavy atom. The Bertz CT molecular complexity index is 1280. The molecule has 7 nitrogen and oxygen atoms in total. The summed E-state index contributed by atoms with van der Waals surface area (Å²) >= 11 is 0. The number of nitriles is 1. The summed E-state index contributed by atoms with van der Waals surface area (Å²) in [6, 6.07) is 2.00. The maximum absolute atomic E-state index is 14.4. The van der Waals surface area contributed by atoms with Gasteiger partial charge in [0.1, 0.15) is 11.5 Å². The largest absolute Gasteiger partial charge is 0.450 e. The Morgan fingerprint density at radius 3 is 2.32 bits per heavy atom. The molecule has 3 unspecified atom stereocenters. The molecule has 7 heteroatoms. The molecule has 1 aliphatic heterocycles. The minimum absolute atomic E-state index is 0.0884. The molecular weight excluding hydrogens is 480 g/mol. The average Bonchev–Trinajstić information content (AvgIpc) is 2.95. The van der Waals surface area contributed by atoms with E-state index in [0.717, 1.165) is 5.57 Å². The zero-order valence-electron chi connectivity index (χ0n) is 23.7. The second kappa shape index (κ2) is 7.67. The van der Waals surface area contributed by atoms with Crippen LogP contribution in [0, 0.1) is 56.2 Å².